The quantitative estimate of drug-likeness (QED) is 0.493. The van der Waals surface area contributed by atoms with Crippen LogP contribution < -0.4 is 0 Å². The zero-order valence-electron chi connectivity index (χ0n) is 3.96. The Morgan fingerprint density at radius 2 is 1.83 bits per heavy atom. The predicted molar refractivity (Wildman–Crippen MR) is 30.8 cm³/mol. The van der Waals surface area contributed by atoms with Gasteiger partial charge in [0.15, 0.2) is 0 Å². The molecular weight excluding hydrogens is 140 g/mol. The Morgan fingerprint density at radius 1 is 1.67 bits per heavy atom. The molecule has 0 unspecified atom stereocenters. The van der Waals surface area contributed by atoms with E-state index in [1.807, 2.05) is 0 Å². The lowest BCUT2D eigenvalue weighted by Crippen LogP contribution is -1.60. The maximum absolute atomic E-state index is 3.39. The van der Waals surface area contributed by atoms with Gasteiger partial charge in [0, 0.05) is 10.4 Å². The molecule has 0 fully saturated rings. The van der Waals surface area contributed by atoms with Gasteiger partial charge in [-0.15, -0.1) is 0 Å². The van der Waals surface area contributed by atoms with Gasteiger partial charge >= 0.3 is 0 Å². The molecule has 0 aliphatic heterocycles. The van der Waals surface area contributed by atoms with E-state index >= 15 is 0 Å². The highest BCUT2D eigenvalue weighted by Crippen LogP contribution is 2.42. The smallest absolute Gasteiger partial charge is 0.00941 e. The molecule has 0 radical (unpaired) electrons. The molecule has 1 aliphatic carbocycles. The van der Waals surface area contributed by atoms with Gasteiger partial charge in [0.1, 0.15) is 0 Å². The molecule has 0 aromatic heterocycles. The van der Waals surface area contributed by atoms with E-state index in [0.29, 0.717) is 0 Å². The number of halogens is 1. The van der Waals surface area contributed by atoms with Crippen molar-refractivity contribution in [1.29, 1.82) is 0 Å². The minimum absolute atomic E-state index is 0.769. The predicted octanol–water partition coefficient (Wildman–Crippen LogP) is 2.31. The normalized spacial score (nSPS) is 31.5. The number of hydrogen-bond acceptors (Lipinski definition) is 0. The Morgan fingerprint density at radius 3 is 1.83 bits per heavy atom. The van der Waals surface area contributed by atoms with Gasteiger partial charge in [-0.2, -0.15) is 0 Å². The van der Waals surface area contributed by atoms with Gasteiger partial charge < -0.3 is 0 Å². The summed E-state index contributed by atoms with van der Waals surface area (Å²) in [7, 11) is 0. The summed E-state index contributed by atoms with van der Waals surface area (Å²) in [6.45, 7) is 4.34. The van der Waals surface area contributed by atoms with Crippen molar-refractivity contribution < 1.29 is 0 Å². The fourth-order valence-electron chi connectivity index (χ4n) is 0.436. The molecule has 0 amide bonds. The van der Waals surface area contributed by atoms with Crippen LogP contribution in [0.3, 0.4) is 0 Å². The maximum Gasteiger partial charge on any atom is 0.00941 e. The average molecular weight is 147 g/mol. The summed E-state index contributed by atoms with van der Waals surface area (Å²) in [5.74, 6) is 0.769. The zero-order valence-corrected chi connectivity index (χ0v) is 5.54. The molecule has 0 heterocycles. The van der Waals surface area contributed by atoms with Gasteiger partial charge in [-0.1, -0.05) is 28.4 Å². The maximum atomic E-state index is 3.39. The summed E-state index contributed by atoms with van der Waals surface area (Å²) in [5.41, 5.74) is 1.51. The molecule has 0 bridgehead atoms. The first-order valence-corrected chi connectivity index (χ1v) is 2.89. The molecule has 0 saturated heterocycles. The lowest BCUT2D eigenvalue weighted by atomic mass is 10.4. The zero-order chi connectivity index (χ0) is 4.73. The second-order valence-electron chi connectivity index (χ2n) is 1.75. The molecule has 0 nitrogen and oxygen atoms in total. The summed E-state index contributed by atoms with van der Waals surface area (Å²) >= 11 is 3.39. The van der Waals surface area contributed by atoms with E-state index in [0.717, 1.165) is 5.92 Å². The topological polar surface area (TPSA) is 0 Å². The minimum Gasteiger partial charge on any atom is -0.0550 e. The molecule has 0 aromatic carbocycles. The highest BCUT2D eigenvalue weighted by atomic mass is 79.9. The van der Waals surface area contributed by atoms with Crippen molar-refractivity contribution >= 4 is 15.9 Å². The first-order valence-electron chi connectivity index (χ1n) is 2.09. The molecule has 0 N–H and O–H groups in total. The summed E-state index contributed by atoms with van der Waals surface area (Å²) in [6, 6.07) is 0. The highest BCUT2D eigenvalue weighted by molar-refractivity contribution is 9.12. The number of allylic oxidation sites excluding steroid dienone is 2. The Balaban J connectivity index is 2.54. The Bertz CT molecular complexity index is 90.5. The second kappa shape index (κ2) is 1.09. The minimum atomic E-state index is 0.769. The van der Waals surface area contributed by atoms with E-state index in [-0.39, 0.29) is 0 Å². The van der Waals surface area contributed by atoms with Crippen LogP contribution in [0.15, 0.2) is 10.1 Å². The van der Waals surface area contributed by atoms with Crippen molar-refractivity contribution in [3.63, 3.8) is 0 Å². The molecule has 1 heteroatoms. The van der Waals surface area contributed by atoms with E-state index in [1.54, 1.807) is 0 Å². The molecule has 0 saturated carbocycles. The lowest BCUT2D eigenvalue weighted by Gasteiger charge is -1.71. The largest absolute Gasteiger partial charge is 0.0550 e. The standard InChI is InChI=1S/C5H7Br/c1-3-4(2)5(3)6/h3H,1-2H3/t3-/m0/s1. The summed E-state index contributed by atoms with van der Waals surface area (Å²) in [5, 5.41) is 0. The van der Waals surface area contributed by atoms with Gasteiger partial charge in [-0.25, -0.2) is 0 Å². The van der Waals surface area contributed by atoms with Crippen molar-refractivity contribution in [2.45, 2.75) is 13.8 Å². The van der Waals surface area contributed by atoms with Crippen LogP contribution in [0.2, 0.25) is 0 Å². The Labute approximate surface area is 46.4 Å². The SMILES string of the molecule is CC1=C(Br)[C@H]1C. The molecule has 1 rings (SSSR count). The Hall–Kier alpha value is 0.220. The molecule has 0 spiro atoms. The van der Waals surface area contributed by atoms with E-state index in [9.17, 15) is 0 Å². The molecule has 34 valence electrons. The summed E-state index contributed by atoms with van der Waals surface area (Å²) in [4.78, 5) is 0. The molecule has 1 atom stereocenters. The third-order valence-corrected chi connectivity index (χ3v) is 2.64. The van der Waals surface area contributed by atoms with Crippen LogP contribution >= 0.6 is 15.9 Å². The van der Waals surface area contributed by atoms with Crippen LogP contribution in [0.1, 0.15) is 13.8 Å². The average Bonchev–Trinajstić information content (AvgIpc) is 1.94. The fourth-order valence-corrected chi connectivity index (χ4v) is 1.01. The number of rotatable bonds is 0. The third-order valence-electron chi connectivity index (χ3n) is 1.32. The Kier molecular flexibility index (Phi) is 0.798. The van der Waals surface area contributed by atoms with E-state index in [1.165, 1.54) is 10.1 Å². The van der Waals surface area contributed by atoms with Crippen molar-refractivity contribution in [2.24, 2.45) is 5.92 Å². The van der Waals surface area contributed by atoms with E-state index < -0.39 is 0 Å². The highest BCUT2D eigenvalue weighted by Gasteiger charge is 2.24. The second-order valence-corrected chi connectivity index (χ2v) is 2.61. The summed E-state index contributed by atoms with van der Waals surface area (Å²) in [6.07, 6.45) is 0. The molecule has 1 aliphatic rings. The molecular formula is C5H7Br. The summed E-state index contributed by atoms with van der Waals surface area (Å²) < 4.78 is 1.41. The van der Waals surface area contributed by atoms with E-state index in [2.05, 4.69) is 29.8 Å². The van der Waals surface area contributed by atoms with Crippen LogP contribution in [0.5, 0.6) is 0 Å². The van der Waals surface area contributed by atoms with Gasteiger partial charge in [-0.05, 0) is 6.92 Å². The van der Waals surface area contributed by atoms with Crippen molar-refractivity contribution in [3.8, 4) is 0 Å². The van der Waals surface area contributed by atoms with Crippen molar-refractivity contribution in [3.05, 3.63) is 10.1 Å². The van der Waals surface area contributed by atoms with Gasteiger partial charge in [0.25, 0.3) is 0 Å². The van der Waals surface area contributed by atoms with Crippen LogP contribution in [-0.4, -0.2) is 0 Å². The first-order chi connectivity index (χ1) is 2.73. The molecule has 0 aromatic rings. The number of hydrogen-bond donors (Lipinski definition) is 0. The van der Waals surface area contributed by atoms with Gasteiger partial charge in [-0.3, -0.25) is 0 Å². The monoisotopic (exact) mass is 146 g/mol. The van der Waals surface area contributed by atoms with E-state index in [4.69, 9.17) is 0 Å². The van der Waals surface area contributed by atoms with Crippen molar-refractivity contribution in [1.82, 2.24) is 0 Å². The van der Waals surface area contributed by atoms with Crippen LogP contribution in [-0.2, 0) is 0 Å². The molecule has 6 heavy (non-hydrogen) atoms. The van der Waals surface area contributed by atoms with Crippen LogP contribution in [0, 0.1) is 5.92 Å². The van der Waals surface area contributed by atoms with Crippen LogP contribution in [0.25, 0.3) is 0 Å². The van der Waals surface area contributed by atoms with Gasteiger partial charge in [0.05, 0.1) is 0 Å². The lowest BCUT2D eigenvalue weighted by molar-refractivity contribution is 1.03. The third kappa shape index (κ3) is 0.419. The van der Waals surface area contributed by atoms with Gasteiger partial charge in [0.2, 0.25) is 0 Å². The van der Waals surface area contributed by atoms with Crippen molar-refractivity contribution in [2.75, 3.05) is 0 Å². The fraction of sp³-hybridized carbons (Fsp3) is 0.600. The first kappa shape index (κ1) is 4.38. The van der Waals surface area contributed by atoms with Crippen LogP contribution in [0.4, 0.5) is 0 Å².